The highest BCUT2D eigenvalue weighted by Crippen LogP contribution is 2.36. The number of fused-ring (bicyclic) bond motifs is 1. The summed E-state index contributed by atoms with van der Waals surface area (Å²) in [6.45, 7) is 0. The second-order valence-electron chi connectivity index (χ2n) is 5.14. The molecule has 0 fully saturated rings. The smallest absolute Gasteiger partial charge is 0.142 e. The molecule has 0 N–H and O–H groups in total. The lowest BCUT2D eigenvalue weighted by Gasteiger charge is -2.26. The molecular weight excluding hydrogens is 323 g/mol. The van der Waals surface area contributed by atoms with E-state index < -0.39 is 0 Å². The molecule has 0 saturated heterocycles. The highest BCUT2D eigenvalue weighted by molar-refractivity contribution is 14.1. The molecule has 0 radical (unpaired) electrons. The molecule has 0 bridgehead atoms. The summed E-state index contributed by atoms with van der Waals surface area (Å²) in [7, 11) is 8.71. The average molecular weight is 341 g/mol. The fourth-order valence-corrected chi connectivity index (χ4v) is 2.52. The van der Waals surface area contributed by atoms with Gasteiger partial charge in [-0.05, 0) is 17.5 Å². The van der Waals surface area contributed by atoms with Crippen LogP contribution >= 0.6 is 22.9 Å². The Hall–Kier alpha value is -0.810. The summed E-state index contributed by atoms with van der Waals surface area (Å²) >= 11 is 2.33. The van der Waals surface area contributed by atoms with E-state index in [0.717, 1.165) is 4.48 Å². The van der Waals surface area contributed by atoms with Gasteiger partial charge < -0.3 is 3.11 Å². The number of quaternary nitrogens is 1. The minimum atomic E-state index is 0.832. The van der Waals surface area contributed by atoms with Crippen molar-refractivity contribution < 1.29 is 0 Å². The van der Waals surface area contributed by atoms with Crippen LogP contribution in [0.4, 0.5) is 11.4 Å². The lowest BCUT2D eigenvalue weighted by atomic mass is 10.1. The summed E-state index contributed by atoms with van der Waals surface area (Å²) in [4.78, 5) is 0. The normalized spacial score (nSPS) is 11.8. The molecule has 3 heteroatoms. The minimum absolute atomic E-state index is 0.832. The molecule has 0 aliphatic heterocycles. The number of rotatable bonds is 2. The molecule has 2 nitrogen and oxygen atoms in total. The van der Waals surface area contributed by atoms with Crippen LogP contribution < -0.4 is 7.60 Å². The third kappa shape index (κ3) is 2.40. The van der Waals surface area contributed by atoms with Gasteiger partial charge in [0.15, 0.2) is 0 Å². The molecule has 0 spiro atoms. The Kier molecular flexibility index (Phi) is 3.32. The van der Waals surface area contributed by atoms with Gasteiger partial charge in [-0.15, -0.1) is 0 Å². The van der Waals surface area contributed by atoms with Crippen LogP contribution in [0.3, 0.4) is 0 Å². The molecule has 0 unspecified atom stereocenters. The highest BCUT2D eigenvalue weighted by Gasteiger charge is 2.19. The van der Waals surface area contributed by atoms with E-state index in [1.165, 1.54) is 22.1 Å². The second kappa shape index (κ2) is 4.46. The van der Waals surface area contributed by atoms with E-state index in [4.69, 9.17) is 0 Å². The van der Waals surface area contributed by atoms with E-state index in [9.17, 15) is 0 Å². The lowest BCUT2D eigenvalue weighted by molar-refractivity contribution is 0.490. The number of nitrogens with zero attached hydrogens (tertiary/aromatic N) is 2. The molecule has 0 saturated carbocycles. The number of hydrogen-bond donors (Lipinski definition) is 0. The summed E-state index contributed by atoms with van der Waals surface area (Å²) in [5.41, 5.74) is 2.62. The standard InChI is InChI=1S/C14H18IN2/c1-16(15)12-9-5-7-11-8-6-10-13(14(11)12)17(2,3)4/h5-10H,1-4H3/q+1. The summed E-state index contributed by atoms with van der Waals surface area (Å²) in [5.74, 6) is 0. The fraction of sp³-hybridized carbons (Fsp3) is 0.286. The van der Waals surface area contributed by atoms with Crippen LogP contribution in [0.1, 0.15) is 0 Å². The Bertz CT molecular complexity index is 536. The number of halogens is 1. The van der Waals surface area contributed by atoms with Gasteiger partial charge in [-0.2, -0.15) is 0 Å². The predicted octanol–water partition coefficient (Wildman–Crippen LogP) is 3.82. The van der Waals surface area contributed by atoms with Gasteiger partial charge in [0.1, 0.15) is 5.69 Å². The van der Waals surface area contributed by atoms with E-state index in [2.05, 4.69) is 90.6 Å². The molecule has 90 valence electrons. The van der Waals surface area contributed by atoms with E-state index in [-0.39, 0.29) is 0 Å². The van der Waals surface area contributed by atoms with Gasteiger partial charge in [-0.3, -0.25) is 4.48 Å². The Morgan fingerprint density at radius 1 is 1.00 bits per heavy atom. The monoisotopic (exact) mass is 341 g/mol. The molecule has 0 amide bonds. The number of anilines is 1. The van der Waals surface area contributed by atoms with Crippen molar-refractivity contribution in [3.05, 3.63) is 36.4 Å². The molecule has 17 heavy (non-hydrogen) atoms. The van der Waals surface area contributed by atoms with Crippen molar-refractivity contribution >= 4 is 45.0 Å². The van der Waals surface area contributed by atoms with Crippen molar-refractivity contribution in [2.24, 2.45) is 0 Å². The average Bonchev–Trinajstić information content (AvgIpc) is 2.26. The maximum atomic E-state index is 2.33. The van der Waals surface area contributed by atoms with Crippen LogP contribution in [-0.2, 0) is 0 Å². The van der Waals surface area contributed by atoms with Gasteiger partial charge in [0.25, 0.3) is 0 Å². The van der Waals surface area contributed by atoms with Crippen LogP contribution in [0.5, 0.6) is 0 Å². The largest absolute Gasteiger partial charge is 0.317 e. The summed E-state index contributed by atoms with van der Waals surface area (Å²) in [6.07, 6.45) is 0. The topological polar surface area (TPSA) is 3.24 Å². The van der Waals surface area contributed by atoms with Crippen LogP contribution in [0.25, 0.3) is 10.8 Å². The summed E-state index contributed by atoms with van der Waals surface area (Å²) in [5, 5.41) is 2.65. The zero-order chi connectivity index (χ0) is 12.6. The molecule has 2 rings (SSSR count). The molecule has 0 heterocycles. The van der Waals surface area contributed by atoms with Gasteiger partial charge >= 0.3 is 0 Å². The van der Waals surface area contributed by atoms with Crippen molar-refractivity contribution in [1.29, 1.82) is 0 Å². The van der Waals surface area contributed by atoms with Crippen LogP contribution in [-0.4, -0.2) is 28.2 Å². The molecule has 0 aliphatic carbocycles. The van der Waals surface area contributed by atoms with Crippen molar-refractivity contribution in [3.63, 3.8) is 0 Å². The van der Waals surface area contributed by atoms with E-state index in [1.54, 1.807) is 0 Å². The van der Waals surface area contributed by atoms with Crippen molar-refractivity contribution in [1.82, 2.24) is 4.48 Å². The second-order valence-corrected chi connectivity index (χ2v) is 6.59. The lowest BCUT2D eigenvalue weighted by Crippen LogP contribution is -2.35. The summed E-state index contributed by atoms with van der Waals surface area (Å²) < 4.78 is 2.98. The van der Waals surface area contributed by atoms with Gasteiger partial charge in [0.2, 0.25) is 0 Å². The summed E-state index contributed by atoms with van der Waals surface area (Å²) in [6, 6.07) is 13.0. The maximum absolute atomic E-state index is 2.33. The van der Waals surface area contributed by atoms with Gasteiger partial charge in [-0.25, -0.2) is 0 Å². The molecule has 2 aromatic carbocycles. The molecule has 2 aromatic rings. The van der Waals surface area contributed by atoms with Gasteiger partial charge in [-0.1, -0.05) is 24.3 Å². The van der Waals surface area contributed by atoms with Crippen LogP contribution in [0.2, 0.25) is 0 Å². The molecular formula is C14H18IN2+. The Morgan fingerprint density at radius 3 is 2.12 bits per heavy atom. The first-order chi connectivity index (χ1) is 7.91. The molecule has 0 atom stereocenters. The van der Waals surface area contributed by atoms with Gasteiger partial charge in [0.05, 0.1) is 55.1 Å². The van der Waals surface area contributed by atoms with Crippen LogP contribution in [0, 0.1) is 0 Å². The number of hydrogen-bond acceptors (Lipinski definition) is 1. The Morgan fingerprint density at radius 2 is 1.59 bits per heavy atom. The minimum Gasteiger partial charge on any atom is -0.317 e. The van der Waals surface area contributed by atoms with E-state index in [1.807, 2.05) is 0 Å². The van der Waals surface area contributed by atoms with Crippen molar-refractivity contribution in [2.45, 2.75) is 0 Å². The third-order valence-electron chi connectivity index (χ3n) is 2.92. The number of benzene rings is 2. The zero-order valence-corrected chi connectivity index (χ0v) is 12.9. The van der Waals surface area contributed by atoms with Crippen molar-refractivity contribution in [3.8, 4) is 0 Å². The van der Waals surface area contributed by atoms with Gasteiger partial charge in [0, 0.05) is 7.05 Å². The predicted molar refractivity (Wildman–Crippen MR) is 85.9 cm³/mol. The third-order valence-corrected chi connectivity index (χ3v) is 3.44. The molecule has 0 aromatic heterocycles. The Balaban J connectivity index is 2.86. The van der Waals surface area contributed by atoms with Crippen LogP contribution in [0.15, 0.2) is 36.4 Å². The maximum Gasteiger partial charge on any atom is 0.142 e. The zero-order valence-electron chi connectivity index (χ0n) is 10.7. The SMILES string of the molecule is CN(I)c1cccc2cccc([N+](C)(C)C)c12. The highest BCUT2D eigenvalue weighted by atomic mass is 127. The first-order valence-electron chi connectivity index (χ1n) is 5.64. The fourth-order valence-electron chi connectivity index (χ4n) is 2.12. The first kappa shape index (κ1) is 12.6. The quantitative estimate of drug-likeness (QED) is 0.456. The van der Waals surface area contributed by atoms with E-state index >= 15 is 0 Å². The first-order valence-corrected chi connectivity index (χ1v) is 6.61. The van der Waals surface area contributed by atoms with E-state index in [0.29, 0.717) is 0 Å². The van der Waals surface area contributed by atoms with Crippen molar-refractivity contribution in [2.75, 3.05) is 31.3 Å². The molecule has 0 aliphatic rings. The Labute approximate surface area is 117 Å².